The monoisotopic (exact) mass is 288 g/mol. The van der Waals surface area contributed by atoms with E-state index in [9.17, 15) is 0 Å². The first-order valence-electron chi connectivity index (χ1n) is 8.29. The number of hydrogen-bond acceptors (Lipinski definition) is 2. The molecule has 0 radical (unpaired) electrons. The topological polar surface area (TPSA) is 29.3 Å². The third-order valence-corrected chi connectivity index (χ3v) is 4.69. The normalized spacial score (nSPS) is 21.6. The van der Waals surface area contributed by atoms with Crippen molar-refractivity contribution >= 4 is 0 Å². The van der Waals surface area contributed by atoms with E-state index in [0.29, 0.717) is 16.9 Å². The SMILES string of the molecule is CC1(C)CC(N(CCN)Cc2ccccc2)CC(C)(C)C1. The molecule has 2 N–H and O–H groups in total. The van der Waals surface area contributed by atoms with E-state index in [1.165, 1.54) is 24.8 Å². The van der Waals surface area contributed by atoms with Gasteiger partial charge in [0.15, 0.2) is 0 Å². The van der Waals surface area contributed by atoms with Crippen LogP contribution < -0.4 is 5.73 Å². The van der Waals surface area contributed by atoms with Crippen LogP contribution in [0.25, 0.3) is 0 Å². The molecule has 0 spiro atoms. The Balaban J connectivity index is 2.13. The van der Waals surface area contributed by atoms with Crippen molar-refractivity contribution in [3.63, 3.8) is 0 Å². The van der Waals surface area contributed by atoms with Gasteiger partial charge in [-0.25, -0.2) is 0 Å². The highest BCUT2D eigenvalue weighted by atomic mass is 15.2. The van der Waals surface area contributed by atoms with Crippen LogP contribution in [0.1, 0.15) is 52.5 Å². The molecule has 1 saturated carbocycles. The fraction of sp³-hybridized carbons (Fsp3) is 0.684. The molecule has 21 heavy (non-hydrogen) atoms. The lowest BCUT2D eigenvalue weighted by Gasteiger charge is -2.48. The average Bonchev–Trinajstić information content (AvgIpc) is 2.36. The van der Waals surface area contributed by atoms with Gasteiger partial charge < -0.3 is 5.73 Å². The molecule has 0 aromatic heterocycles. The van der Waals surface area contributed by atoms with Crippen LogP contribution in [0.5, 0.6) is 0 Å². The van der Waals surface area contributed by atoms with Gasteiger partial charge in [-0.15, -0.1) is 0 Å². The Kier molecular flexibility index (Phi) is 5.11. The molecule has 0 bridgehead atoms. The van der Waals surface area contributed by atoms with Crippen molar-refractivity contribution in [2.24, 2.45) is 16.6 Å². The standard InChI is InChI=1S/C19H32N2/c1-18(2)12-17(13-19(3,4)15-18)21(11-10-20)14-16-8-6-5-7-9-16/h5-9,17H,10-15,20H2,1-4H3. The summed E-state index contributed by atoms with van der Waals surface area (Å²) in [6.07, 6.45) is 3.88. The molecule has 2 nitrogen and oxygen atoms in total. The van der Waals surface area contributed by atoms with Crippen molar-refractivity contribution in [1.82, 2.24) is 4.90 Å². The van der Waals surface area contributed by atoms with Crippen LogP contribution in [0.2, 0.25) is 0 Å². The largest absolute Gasteiger partial charge is 0.329 e. The summed E-state index contributed by atoms with van der Waals surface area (Å²) < 4.78 is 0. The maximum absolute atomic E-state index is 5.88. The Morgan fingerprint density at radius 2 is 1.62 bits per heavy atom. The Morgan fingerprint density at radius 1 is 1.05 bits per heavy atom. The zero-order valence-electron chi connectivity index (χ0n) is 14.2. The van der Waals surface area contributed by atoms with E-state index in [1.54, 1.807) is 0 Å². The van der Waals surface area contributed by atoms with E-state index in [4.69, 9.17) is 5.73 Å². The molecule has 1 fully saturated rings. The first-order valence-corrected chi connectivity index (χ1v) is 8.29. The Hall–Kier alpha value is -0.860. The van der Waals surface area contributed by atoms with Crippen molar-refractivity contribution < 1.29 is 0 Å². The fourth-order valence-corrected chi connectivity index (χ4v) is 4.42. The first kappa shape index (κ1) is 16.5. The van der Waals surface area contributed by atoms with Gasteiger partial charge in [0, 0.05) is 25.7 Å². The van der Waals surface area contributed by atoms with Gasteiger partial charge in [-0.1, -0.05) is 58.0 Å². The van der Waals surface area contributed by atoms with Crippen molar-refractivity contribution in [2.75, 3.05) is 13.1 Å². The second kappa shape index (κ2) is 6.50. The van der Waals surface area contributed by atoms with E-state index in [1.807, 2.05) is 0 Å². The number of hydrogen-bond donors (Lipinski definition) is 1. The lowest BCUT2D eigenvalue weighted by Crippen LogP contribution is -2.47. The molecule has 2 rings (SSSR count). The van der Waals surface area contributed by atoms with Gasteiger partial charge in [0.25, 0.3) is 0 Å². The molecule has 0 aliphatic heterocycles. The minimum Gasteiger partial charge on any atom is -0.329 e. The van der Waals surface area contributed by atoms with E-state index < -0.39 is 0 Å². The highest BCUT2D eigenvalue weighted by Crippen LogP contribution is 2.47. The van der Waals surface area contributed by atoms with Crippen molar-refractivity contribution in [3.05, 3.63) is 35.9 Å². The third kappa shape index (κ3) is 4.82. The van der Waals surface area contributed by atoms with Crippen LogP contribution >= 0.6 is 0 Å². The summed E-state index contributed by atoms with van der Waals surface area (Å²) in [7, 11) is 0. The average molecular weight is 288 g/mol. The van der Waals surface area contributed by atoms with Gasteiger partial charge in [0.05, 0.1) is 0 Å². The van der Waals surface area contributed by atoms with Crippen LogP contribution in [-0.4, -0.2) is 24.0 Å². The quantitative estimate of drug-likeness (QED) is 0.885. The molecule has 0 heterocycles. The van der Waals surface area contributed by atoms with Crippen molar-refractivity contribution in [3.8, 4) is 0 Å². The minimum atomic E-state index is 0.427. The van der Waals surface area contributed by atoms with Gasteiger partial charge in [-0.2, -0.15) is 0 Å². The number of nitrogens with zero attached hydrogens (tertiary/aromatic N) is 1. The lowest BCUT2D eigenvalue weighted by molar-refractivity contribution is 0.0219. The highest BCUT2D eigenvalue weighted by Gasteiger charge is 2.40. The van der Waals surface area contributed by atoms with Crippen molar-refractivity contribution in [1.29, 1.82) is 0 Å². The van der Waals surface area contributed by atoms with Gasteiger partial charge >= 0.3 is 0 Å². The number of nitrogens with two attached hydrogens (primary N) is 1. The predicted molar refractivity (Wildman–Crippen MR) is 91.1 cm³/mol. The summed E-state index contributed by atoms with van der Waals surface area (Å²) in [4.78, 5) is 2.61. The molecule has 0 unspecified atom stereocenters. The Labute approximate surface area is 130 Å². The Morgan fingerprint density at radius 3 is 2.14 bits per heavy atom. The predicted octanol–water partition coefficient (Wildman–Crippen LogP) is 4.05. The van der Waals surface area contributed by atoms with Gasteiger partial charge in [0.1, 0.15) is 0 Å². The van der Waals surface area contributed by atoms with Crippen LogP contribution in [-0.2, 0) is 6.54 Å². The van der Waals surface area contributed by atoms with Crippen molar-refractivity contribution in [2.45, 2.75) is 59.5 Å². The molecule has 0 saturated heterocycles. The van der Waals surface area contributed by atoms with Gasteiger partial charge in [-0.3, -0.25) is 4.90 Å². The first-order chi connectivity index (χ1) is 9.81. The molecule has 0 atom stereocenters. The molecule has 2 heteroatoms. The number of benzene rings is 1. The maximum atomic E-state index is 5.88. The molecule has 1 aliphatic carbocycles. The summed E-state index contributed by atoms with van der Waals surface area (Å²) in [6.45, 7) is 12.4. The summed E-state index contributed by atoms with van der Waals surface area (Å²) in [5, 5.41) is 0. The highest BCUT2D eigenvalue weighted by molar-refractivity contribution is 5.14. The van der Waals surface area contributed by atoms with Crippen LogP contribution in [0.3, 0.4) is 0 Å². The molecule has 0 amide bonds. The van der Waals surface area contributed by atoms with Crippen LogP contribution in [0, 0.1) is 10.8 Å². The zero-order valence-corrected chi connectivity index (χ0v) is 14.2. The number of rotatable bonds is 5. The maximum Gasteiger partial charge on any atom is 0.0237 e. The van der Waals surface area contributed by atoms with E-state index in [0.717, 1.165) is 19.6 Å². The lowest BCUT2D eigenvalue weighted by atomic mass is 9.63. The second-order valence-corrected chi connectivity index (χ2v) is 8.31. The molecule has 1 aromatic carbocycles. The van der Waals surface area contributed by atoms with E-state index >= 15 is 0 Å². The third-order valence-electron chi connectivity index (χ3n) is 4.69. The van der Waals surface area contributed by atoms with Crippen LogP contribution in [0.15, 0.2) is 30.3 Å². The van der Waals surface area contributed by atoms with Crippen LogP contribution in [0.4, 0.5) is 0 Å². The summed E-state index contributed by atoms with van der Waals surface area (Å²) in [5.41, 5.74) is 8.13. The summed E-state index contributed by atoms with van der Waals surface area (Å²) in [5.74, 6) is 0. The summed E-state index contributed by atoms with van der Waals surface area (Å²) in [6, 6.07) is 11.4. The van der Waals surface area contributed by atoms with E-state index in [-0.39, 0.29) is 0 Å². The molecule has 1 aromatic rings. The van der Waals surface area contributed by atoms with Gasteiger partial charge in [0.2, 0.25) is 0 Å². The van der Waals surface area contributed by atoms with E-state index in [2.05, 4.69) is 62.9 Å². The smallest absolute Gasteiger partial charge is 0.0237 e. The Bertz CT molecular complexity index is 420. The van der Waals surface area contributed by atoms with Gasteiger partial charge in [-0.05, 0) is 35.7 Å². The zero-order chi connectivity index (χ0) is 15.5. The molecule has 118 valence electrons. The molecule has 1 aliphatic rings. The molecular weight excluding hydrogens is 256 g/mol. The minimum absolute atomic E-state index is 0.427. The second-order valence-electron chi connectivity index (χ2n) is 8.31. The fourth-order valence-electron chi connectivity index (χ4n) is 4.42. The summed E-state index contributed by atoms with van der Waals surface area (Å²) >= 11 is 0. The molecular formula is C19H32N2.